The Hall–Kier alpha value is -3.55. The highest BCUT2D eigenvalue weighted by Crippen LogP contribution is 2.39. The molecule has 2 atom stereocenters. The highest BCUT2D eigenvalue weighted by Gasteiger charge is 2.52. The lowest BCUT2D eigenvalue weighted by Gasteiger charge is -2.46. The molecule has 0 radical (unpaired) electrons. The number of rotatable bonds is 7. The average molecular weight is 528 g/mol. The summed E-state index contributed by atoms with van der Waals surface area (Å²) in [6.07, 6.45) is 0.282. The van der Waals surface area contributed by atoms with Gasteiger partial charge in [-0.15, -0.1) is 0 Å². The Labute approximate surface area is 224 Å². The number of carbonyl (C=O) groups is 3. The lowest BCUT2D eigenvalue weighted by molar-refractivity contribution is -0.159. The van der Waals surface area contributed by atoms with Gasteiger partial charge in [-0.2, -0.15) is 0 Å². The number of esters is 1. The van der Waals surface area contributed by atoms with Crippen LogP contribution >= 0.6 is 0 Å². The van der Waals surface area contributed by atoms with Gasteiger partial charge < -0.3 is 9.16 Å². The van der Waals surface area contributed by atoms with Crippen LogP contribution in [0.25, 0.3) is 0 Å². The van der Waals surface area contributed by atoms with E-state index >= 15 is 0 Å². The number of fused-ring (bicyclic) bond motifs is 1. The molecule has 0 spiro atoms. The first-order valence-electron chi connectivity index (χ1n) is 13.1. The van der Waals surface area contributed by atoms with Gasteiger partial charge in [0, 0.05) is 19.4 Å². The Bertz CT molecular complexity index is 1260. The van der Waals surface area contributed by atoms with E-state index in [2.05, 4.69) is 45.0 Å². The summed E-state index contributed by atoms with van der Waals surface area (Å²) in [5.41, 5.74) is 0.845. The van der Waals surface area contributed by atoms with E-state index in [9.17, 15) is 14.4 Å². The van der Waals surface area contributed by atoms with Gasteiger partial charge >= 0.3 is 5.97 Å². The number of hydrogen-bond acceptors (Lipinski definition) is 5. The molecule has 2 aliphatic heterocycles. The molecule has 1 saturated heterocycles. The molecule has 6 nitrogen and oxygen atoms in total. The molecule has 5 rings (SSSR count). The van der Waals surface area contributed by atoms with E-state index in [1.807, 2.05) is 36.4 Å². The van der Waals surface area contributed by atoms with Crippen LogP contribution in [0.5, 0.6) is 0 Å². The fourth-order valence-electron chi connectivity index (χ4n) is 5.77. The van der Waals surface area contributed by atoms with Gasteiger partial charge in [0.25, 0.3) is 20.1 Å². The van der Waals surface area contributed by atoms with Crippen LogP contribution in [0.2, 0.25) is 5.04 Å². The Morgan fingerprint density at radius 1 is 0.816 bits per heavy atom. The van der Waals surface area contributed by atoms with Crippen LogP contribution in [-0.4, -0.2) is 49.8 Å². The van der Waals surface area contributed by atoms with E-state index in [1.54, 1.807) is 24.3 Å². The third-order valence-corrected chi connectivity index (χ3v) is 12.6. The second kappa shape index (κ2) is 10.3. The van der Waals surface area contributed by atoms with Crippen LogP contribution in [0, 0.1) is 0 Å². The summed E-state index contributed by atoms with van der Waals surface area (Å²) < 4.78 is 12.9. The van der Waals surface area contributed by atoms with Gasteiger partial charge in [-0.1, -0.05) is 93.6 Å². The van der Waals surface area contributed by atoms with Crippen molar-refractivity contribution in [2.45, 2.75) is 57.3 Å². The summed E-state index contributed by atoms with van der Waals surface area (Å²) >= 11 is 0. The van der Waals surface area contributed by atoms with Crippen molar-refractivity contribution in [3.8, 4) is 0 Å². The fourth-order valence-corrected chi connectivity index (χ4v) is 10.5. The van der Waals surface area contributed by atoms with Gasteiger partial charge in [-0.25, -0.2) is 0 Å². The van der Waals surface area contributed by atoms with Crippen molar-refractivity contribution < 1.29 is 23.5 Å². The van der Waals surface area contributed by atoms with Gasteiger partial charge in [0.2, 0.25) is 0 Å². The second-order valence-corrected chi connectivity index (χ2v) is 15.3. The van der Waals surface area contributed by atoms with E-state index in [1.165, 1.54) is 4.90 Å². The molecule has 0 aromatic heterocycles. The molecule has 38 heavy (non-hydrogen) atoms. The first-order valence-corrected chi connectivity index (χ1v) is 15.0. The Morgan fingerprint density at radius 3 is 1.82 bits per heavy atom. The molecule has 0 bridgehead atoms. The van der Waals surface area contributed by atoms with Crippen molar-refractivity contribution >= 4 is 36.5 Å². The van der Waals surface area contributed by atoms with Crippen LogP contribution in [0.15, 0.2) is 84.9 Å². The summed E-state index contributed by atoms with van der Waals surface area (Å²) in [7, 11) is -2.84. The molecule has 196 valence electrons. The number of hydrogen-bond donors (Lipinski definition) is 0. The zero-order valence-corrected chi connectivity index (χ0v) is 23.1. The minimum Gasteiger partial charge on any atom is -0.462 e. The first kappa shape index (κ1) is 26.1. The maximum atomic E-state index is 12.8. The highest BCUT2D eigenvalue weighted by atomic mass is 28.4. The molecule has 7 heteroatoms. The summed E-state index contributed by atoms with van der Waals surface area (Å²) in [5, 5.41) is 2.09. The lowest BCUT2D eigenvalue weighted by Crippen LogP contribution is -2.68. The van der Waals surface area contributed by atoms with Gasteiger partial charge in [0.15, 0.2) is 0 Å². The minimum absolute atomic E-state index is 0.175. The number of carbonyl (C=O) groups excluding carboxylic acids is 3. The van der Waals surface area contributed by atoms with Gasteiger partial charge in [0.05, 0.1) is 23.7 Å². The smallest absolute Gasteiger partial charge is 0.308 e. The highest BCUT2D eigenvalue weighted by molar-refractivity contribution is 6.99. The number of benzene rings is 3. The molecule has 3 aromatic rings. The SMILES string of the molecule is CC(C)(C)[Si](O[C@H]1CC(=O)O[C@H](CCN2C(=O)c3ccccc3C2=O)C1)(c1ccccc1)c1ccccc1. The summed E-state index contributed by atoms with van der Waals surface area (Å²) in [6, 6.07) is 27.5. The van der Waals surface area contributed by atoms with Gasteiger partial charge in [0.1, 0.15) is 6.10 Å². The fraction of sp³-hybridized carbons (Fsp3) is 0.323. The Morgan fingerprint density at radius 2 is 1.32 bits per heavy atom. The maximum Gasteiger partial charge on any atom is 0.308 e. The van der Waals surface area contributed by atoms with Crippen LogP contribution in [0.1, 0.15) is 60.7 Å². The number of ether oxygens (including phenoxy) is 1. The zero-order valence-electron chi connectivity index (χ0n) is 22.1. The van der Waals surface area contributed by atoms with Crippen molar-refractivity contribution in [2.24, 2.45) is 0 Å². The van der Waals surface area contributed by atoms with Crippen molar-refractivity contribution in [1.29, 1.82) is 0 Å². The zero-order chi connectivity index (χ0) is 26.9. The molecule has 0 unspecified atom stereocenters. The molecule has 0 N–H and O–H groups in total. The van der Waals surface area contributed by atoms with E-state index in [0.717, 1.165) is 10.4 Å². The standard InChI is InChI=1S/C31H33NO5Si/c1-31(2,3)38(24-12-6-4-7-13-24,25-14-8-5-9-15-25)37-23-20-22(36-28(33)21-23)18-19-32-29(34)26-16-10-11-17-27(26)30(32)35/h4-17,22-23H,18-21H2,1-3H3/t22-,23-/m1/s1. The van der Waals surface area contributed by atoms with Crippen LogP contribution in [0.4, 0.5) is 0 Å². The third-order valence-electron chi connectivity index (χ3n) is 7.53. The maximum absolute atomic E-state index is 12.8. The molecule has 0 saturated carbocycles. The largest absolute Gasteiger partial charge is 0.462 e. The Balaban J connectivity index is 1.38. The van der Waals surface area contributed by atoms with Crippen LogP contribution < -0.4 is 10.4 Å². The molecular formula is C31H33NO5Si. The average Bonchev–Trinajstić information content (AvgIpc) is 3.15. The number of imide groups is 1. The third kappa shape index (κ3) is 4.72. The summed E-state index contributed by atoms with van der Waals surface area (Å²) in [4.78, 5) is 39.6. The van der Waals surface area contributed by atoms with Crippen LogP contribution in [0.3, 0.4) is 0 Å². The monoisotopic (exact) mass is 527 g/mol. The molecule has 1 fully saturated rings. The molecule has 0 aliphatic carbocycles. The van der Waals surface area contributed by atoms with Crippen LogP contribution in [-0.2, 0) is 14.0 Å². The van der Waals surface area contributed by atoms with Gasteiger partial charge in [-0.05, 0) is 27.5 Å². The summed E-state index contributed by atoms with van der Waals surface area (Å²) in [6.45, 7) is 6.82. The Kier molecular flexibility index (Phi) is 7.07. The molecule has 2 amide bonds. The topological polar surface area (TPSA) is 72.9 Å². The first-order chi connectivity index (χ1) is 18.2. The molecule has 2 heterocycles. The lowest BCUT2D eigenvalue weighted by atomic mass is 10.0. The molecule has 2 aliphatic rings. The van der Waals surface area contributed by atoms with E-state index in [0.29, 0.717) is 24.0 Å². The van der Waals surface area contributed by atoms with Crippen molar-refractivity contribution in [3.63, 3.8) is 0 Å². The van der Waals surface area contributed by atoms with Crippen molar-refractivity contribution in [2.75, 3.05) is 6.54 Å². The van der Waals surface area contributed by atoms with Gasteiger partial charge in [-0.3, -0.25) is 19.3 Å². The van der Waals surface area contributed by atoms with Crippen molar-refractivity contribution in [3.05, 3.63) is 96.1 Å². The number of nitrogens with zero attached hydrogens (tertiary/aromatic N) is 1. The quantitative estimate of drug-likeness (QED) is 0.260. The van der Waals surface area contributed by atoms with E-state index in [-0.39, 0.29) is 41.9 Å². The normalized spacial score (nSPS) is 19.9. The number of amides is 2. The predicted octanol–water partition coefficient (Wildman–Crippen LogP) is 4.32. The van der Waals surface area contributed by atoms with E-state index in [4.69, 9.17) is 9.16 Å². The number of cyclic esters (lactones) is 1. The predicted molar refractivity (Wildman–Crippen MR) is 148 cm³/mol. The van der Waals surface area contributed by atoms with E-state index < -0.39 is 14.4 Å². The van der Waals surface area contributed by atoms with Crippen molar-refractivity contribution in [1.82, 2.24) is 4.90 Å². The second-order valence-electron chi connectivity index (χ2n) is 11.1. The summed E-state index contributed by atoms with van der Waals surface area (Å²) in [5.74, 6) is -0.910. The molecular weight excluding hydrogens is 494 g/mol. The molecule has 3 aromatic carbocycles. The minimum atomic E-state index is -2.84.